The quantitative estimate of drug-likeness (QED) is 0.866. The molecule has 7 nitrogen and oxygen atoms in total. The molecule has 2 rings (SSSR count). The maximum Gasteiger partial charge on any atom is 0.316 e. The minimum Gasteiger partial charge on any atom is -0.493 e. The molecule has 0 saturated heterocycles. The SMILES string of the molecule is COc1cnn(-c2ccc([N+](=O)O)cc2)c(=O)c1Cl. The van der Waals surface area contributed by atoms with Crippen LogP contribution in [0.3, 0.4) is 0 Å². The van der Waals surface area contributed by atoms with E-state index in [1.165, 1.54) is 37.6 Å². The second-order valence-corrected chi connectivity index (χ2v) is 3.91. The molecule has 0 amide bonds. The summed E-state index contributed by atoms with van der Waals surface area (Å²) in [5.74, 6) is 0.181. The highest BCUT2D eigenvalue weighted by Gasteiger charge is 2.14. The van der Waals surface area contributed by atoms with Gasteiger partial charge in [0, 0.05) is 12.1 Å². The summed E-state index contributed by atoms with van der Waals surface area (Å²) in [6, 6.07) is 5.59. The molecular weight excluding hydrogens is 274 g/mol. The van der Waals surface area contributed by atoms with Crippen LogP contribution in [-0.2, 0) is 0 Å². The van der Waals surface area contributed by atoms with Gasteiger partial charge in [0.1, 0.15) is 0 Å². The Labute approximate surface area is 112 Å². The Morgan fingerprint density at radius 2 is 2.00 bits per heavy atom. The highest BCUT2D eigenvalue weighted by atomic mass is 35.5. The first-order valence-corrected chi connectivity index (χ1v) is 5.51. The number of halogens is 1. The van der Waals surface area contributed by atoms with E-state index in [9.17, 15) is 9.70 Å². The number of ether oxygens (including phenoxy) is 1. The molecule has 1 heterocycles. The van der Waals surface area contributed by atoms with Gasteiger partial charge in [-0.15, -0.1) is 0 Å². The number of hydrogen-bond acceptors (Lipinski definition) is 4. The van der Waals surface area contributed by atoms with E-state index in [-0.39, 0.29) is 21.4 Å². The summed E-state index contributed by atoms with van der Waals surface area (Å²) >= 11 is 5.83. The van der Waals surface area contributed by atoms with Gasteiger partial charge in [-0.05, 0) is 12.1 Å². The fourth-order valence-electron chi connectivity index (χ4n) is 1.47. The fraction of sp³-hybridized carbons (Fsp3) is 0.0909. The molecule has 1 aromatic carbocycles. The van der Waals surface area contributed by atoms with Gasteiger partial charge in [-0.25, -0.2) is 5.21 Å². The van der Waals surface area contributed by atoms with Crippen LogP contribution in [-0.4, -0.2) is 27.0 Å². The molecule has 0 fully saturated rings. The minimum absolute atomic E-state index is 0.0383. The summed E-state index contributed by atoms with van der Waals surface area (Å²) in [5.41, 5.74) is -0.103. The zero-order chi connectivity index (χ0) is 14.0. The molecule has 0 aliphatic carbocycles. The van der Waals surface area contributed by atoms with Gasteiger partial charge in [0.25, 0.3) is 10.5 Å². The molecular formula is C11H9ClN3O4+. The van der Waals surface area contributed by atoms with Crippen molar-refractivity contribution < 1.29 is 14.9 Å². The lowest BCUT2D eigenvalue weighted by Crippen LogP contribution is -2.21. The van der Waals surface area contributed by atoms with Crippen molar-refractivity contribution in [3.05, 3.63) is 50.7 Å². The molecule has 98 valence electrons. The van der Waals surface area contributed by atoms with Crippen molar-refractivity contribution in [1.82, 2.24) is 9.78 Å². The molecule has 0 atom stereocenters. The van der Waals surface area contributed by atoms with Crippen LogP contribution in [0.2, 0.25) is 5.02 Å². The minimum atomic E-state index is -0.545. The molecule has 0 unspecified atom stereocenters. The summed E-state index contributed by atoms with van der Waals surface area (Å²) in [6.07, 6.45) is 1.31. The molecule has 0 saturated carbocycles. The third-order valence-corrected chi connectivity index (χ3v) is 2.77. The van der Waals surface area contributed by atoms with Crippen LogP contribution in [0.5, 0.6) is 5.75 Å². The van der Waals surface area contributed by atoms with Crippen LogP contribution in [0.4, 0.5) is 5.69 Å². The fourth-order valence-corrected chi connectivity index (χ4v) is 1.67. The first kappa shape index (κ1) is 13.0. The molecule has 0 aliphatic rings. The van der Waals surface area contributed by atoms with Gasteiger partial charge < -0.3 is 4.74 Å². The van der Waals surface area contributed by atoms with Crippen LogP contribution < -0.4 is 10.3 Å². The molecule has 19 heavy (non-hydrogen) atoms. The maximum atomic E-state index is 11.9. The average molecular weight is 283 g/mol. The molecule has 1 aromatic heterocycles. The largest absolute Gasteiger partial charge is 0.493 e. The number of nitrogens with zero attached hydrogens (tertiary/aromatic N) is 3. The molecule has 8 heteroatoms. The lowest BCUT2D eigenvalue weighted by molar-refractivity contribution is -0.729. The second kappa shape index (κ2) is 5.07. The van der Waals surface area contributed by atoms with E-state index in [0.717, 1.165) is 4.68 Å². The van der Waals surface area contributed by atoms with E-state index in [1.54, 1.807) is 0 Å². The highest BCUT2D eigenvalue weighted by molar-refractivity contribution is 6.31. The first-order valence-electron chi connectivity index (χ1n) is 5.13. The third kappa shape index (κ3) is 2.41. The van der Waals surface area contributed by atoms with E-state index >= 15 is 0 Å². The maximum absolute atomic E-state index is 11.9. The lowest BCUT2D eigenvalue weighted by Gasteiger charge is -2.06. The van der Waals surface area contributed by atoms with Gasteiger partial charge in [-0.3, -0.25) is 4.79 Å². The Balaban J connectivity index is 2.51. The Bertz CT molecular complexity index is 681. The van der Waals surface area contributed by atoms with Gasteiger partial charge in [0.2, 0.25) is 0 Å². The van der Waals surface area contributed by atoms with Crippen molar-refractivity contribution in [2.75, 3.05) is 7.11 Å². The summed E-state index contributed by atoms with van der Waals surface area (Å²) < 4.78 is 5.94. The van der Waals surface area contributed by atoms with Crippen LogP contribution in [0.1, 0.15) is 0 Å². The highest BCUT2D eigenvalue weighted by Crippen LogP contribution is 2.19. The van der Waals surface area contributed by atoms with Gasteiger partial charge in [-0.2, -0.15) is 9.78 Å². The van der Waals surface area contributed by atoms with Crippen molar-refractivity contribution in [1.29, 1.82) is 0 Å². The number of hydrogen-bond donors (Lipinski definition) is 1. The topological polar surface area (TPSA) is 84.4 Å². The van der Waals surface area contributed by atoms with Crippen LogP contribution in [0.25, 0.3) is 5.69 Å². The normalized spacial score (nSPS) is 10.2. The van der Waals surface area contributed by atoms with Gasteiger partial charge in [-0.1, -0.05) is 11.6 Å². The van der Waals surface area contributed by atoms with Crippen molar-refractivity contribution in [2.24, 2.45) is 0 Å². The zero-order valence-electron chi connectivity index (χ0n) is 9.78. The molecule has 1 N–H and O–H groups in total. The predicted molar refractivity (Wildman–Crippen MR) is 66.5 cm³/mol. The van der Waals surface area contributed by atoms with Gasteiger partial charge >= 0.3 is 5.69 Å². The van der Waals surface area contributed by atoms with Crippen molar-refractivity contribution >= 4 is 17.3 Å². The lowest BCUT2D eigenvalue weighted by atomic mass is 10.3. The summed E-state index contributed by atoms with van der Waals surface area (Å²) in [4.78, 5) is 22.3. The van der Waals surface area contributed by atoms with Crippen molar-refractivity contribution in [2.45, 2.75) is 0 Å². The molecule has 0 aliphatic heterocycles. The molecule has 0 spiro atoms. The van der Waals surface area contributed by atoms with Crippen LogP contribution in [0, 0.1) is 4.91 Å². The van der Waals surface area contributed by atoms with Crippen LogP contribution >= 0.6 is 11.6 Å². The first-order chi connectivity index (χ1) is 9.04. The number of methoxy groups -OCH3 is 1. The summed E-state index contributed by atoms with van der Waals surface area (Å²) in [6.45, 7) is 0. The average Bonchev–Trinajstić information content (AvgIpc) is 2.42. The monoisotopic (exact) mass is 282 g/mol. The third-order valence-electron chi connectivity index (χ3n) is 2.42. The zero-order valence-corrected chi connectivity index (χ0v) is 10.5. The molecule has 0 bridgehead atoms. The van der Waals surface area contributed by atoms with E-state index < -0.39 is 5.56 Å². The number of benzene rings is 1. The Morgan fingerprint density at radius 1 is 1.37 bits per heavy atom. The van der Waals surface area contributed by atoms with E-state index in [1.807, 2.05) is 0 Å². The standard InChI is InChI=1S/C11H9ClN3O4/c1-19-9-6-13-14(11(16)10(9)12)7-2-4-8(5-3-7)15(17)18/h2-6H,1H3,(H,17,18)/q+1. The Hall–Kier alpha value is -2.41. The smallest absolute Gasteiger partial charge is 0.316 e. The molecule has 2 aromatic rings. The second-order valence-electron chi connectivity index (χ2n) is 3.53. The van der Waals surface area contributed by atoms with Gasteiger partial charge in [0.05, 0.1) is 23.9 Å². The van der Waals surface area contributed by atoms with Gasteiger partial charge in [0.15, 0.2) is 10.8 Å². The van der Waals surface area contributed by atoms with Crippen LogP contribution in [0.15, 0.2) is 35.3 Å². The van der Waals surface area contributed by atoms with E-state index in [2.05, 4.69) is 5.10 Å². The van der Waals surface area contributed by atoms with Crippen molar-refractivity contribution in [3.8, 4) is 11.4 Å². The summed E-state index contributed by atoms with van der Waals surface area (Å²) in [7, 11) is 1.38. The van der Waals surface area contributed by atoms with E-state index in [4.69, 9.17) is 21.5 Å². The number of aromatic nitrogens is 2. The predicted octanol–water partition coefficient (Wildman–Crippen LogP) is 1.69. The van der Waals surface area contributed by atoms with E-state index in [0.29, 0.717) is 5.69 Å². The van der Waals surface area contributed by atoms with Crippen molar-refractivity contribution in [3.63, 3.8) is 0 Å². The Kier molecular flexibility index (Phi) is 3.48. The number of rotatable bonds is 3. The Morgan fingerprint density at radius 3 is 2.53 bits per heavy atom. The molecule has 0 radical (unpaired) electrons. The summed E-state index contributed by atoms with van der Waals surface area (Å²) in [5, 5.41) is 12.5.